The van der Waals surface area contributed by atoms with Crippen LogP contribution in [0.2, 0.25) is 0 Å². The molecule has 0 saturated carbocycles. The average Bonchev–Trinajstić information content (AvgIpc) is 3.10. The van der Waals surface area contributed by atoms with E-state index in [4.69, 9.17) is 9.47 Å². The van der Waals surface area contributed by atoms with Crippen LogP contribution in [0.1, 0.15) is 26.3 Å². The third kappa shape index (κ3) is 3.40. The number of hydrogen-bond donors (Lipinski definition) is 1. The second-order valence-corrected chi connectivity index (χ2v) is 7.34. The smallest absolute Gasteiger partial charge is 0.259 e. The highest BCUT2D eigenvalue weighted by atomic mass is 16.5. The minimum atomic E-state index is -0.386. The average molecular weight is 409 g/mol. The van der Waals surface area contributed by atoms with E-state index in [1.165, 1.54) is 0 Å². The van der Waals surface area contributed by atoms with Crippen LogP contribution in [0, 0.1) is 0 Å². The molecule has 152 valence electrons. The Labute approximate surface area is 179 Å². The summed E-state index contributed by atoms with van der Waals surface area (Å²) in [7, 11) is 1.60. The number of fused-ring (bicyclic) bond motifs is 2. The number of nitrogens with one attached hydrogen (secondary N) is 1. The third-order valence-electron chi connectivity index (χ3n) is 5.44. The first-order valence-electron chi connectivity index (χ1n) is 9.91. The molecule has 1 aliphatic rings. The van der Waals surface area contributed by atoms with Crippen molar-refractivity contribution in [1.29, 1.82) is 0 Å². The zero-order valence-electron chi connectivity index (χ0n) is 16.8. The maximum absolute atomic E-state index is 12.6. The van der Waals surface area contributed by atoms with E-state index in [1.807, 2.05) is 72.8 Å². The molecular weight excluding hydrogens is 390 g/mol. The largest absolute Gasteiger partial charge is 0.497 e. The fourth-order valence-electron chi connectivity index (χ4n) is 3.91. The lowest BCUT2D eigenvalue weighted by molar-refractivity contribution is 0.0880. The molecule has 0 radical (unpaired) electrons. The summed E-state index contributed by atoms with van der Waals surface area (Å²) in [6.07, 6.45) is 0. The molecule has 0 spiro atoms. The summed E-state index contributed by atoms with van der Waals surface area (Å²) >= 11 is 0. The fourth-order valence-corrected chi connectivity index (χ4v) is 3.91. The number of carbonyl (C=O) groups is 2. The minimum Gasteiger partial charge on any atom is -0.497 e. The van der Waals surface area contributed by atoms with E-state index in [0.29, 0.717) is 34.8 Å². The second-order valence-electron chi connectivity index (χ2n) is 7.34. The van der Waals surface area contributed by atoms with Gasteiger partial charge < -0.3 is 9.47 Å². The van der Waals surface area contributed by atoms with Gasteiger partial charge in [0.1, 0.15) is 18.1 Å². The predicted molar refractivity (Wildman–Crippen MR) is 119 cm³/mol. The Kier molecular flexibility index (Phi) is 4.64. The zero-order valence-corrected chi connectivity index (χ0v) is 16.8. The molecule has 0 saturated heterocycles. The Hall–Kier alpha value is -4.12. The Bertz CT molecular complexity index is 1310. The van der Waals surface area contributed by atoms with Crippen LogP contribution in [0.5, 0.6) is 11.5 Å². The molecule has 1 heterocycles. The quantitative estimate of drug-likeness (QED) is 0.472. The molecule has 0 aromatic heterocycles. The van der Waals surface area contributed by atoms with Crippen molar-refractivity contribution in [3.8, 4) is 22.6 Å². The van der Waals surface area contributed by atoms with E-state index in [1.54, 1.807) is 13.2 Å². The lowest BCUT2D eigenvalue weighted by atomic mass is 9.90. The van der Waals surface area contributed by atoms with Gasteiger partial charge in [-0.2, -0.15) is 0 Å². The van der Waals surface area contributed by atoms with Gasteiger partial charge in [0.25, 0.3) is 11.8 Å². The number of rotatable bonds is 5. The van der Waals surface area contributed by atoms with Gasteiger partial charge in [0, 0.05) is 5.56 Å². The lowest BCUT2D eigenvalue weighted by Crippen LogP contribution is -2.20. The maximum atomic E-state index is 12.6. The van der Waals surface area contributed by atoms with Crippen LogP contribution in [0.4, 0.5) is 0 Å². The predicted octanol–water partition coefficient (Wildman–Crippen LogP) is 4.98. The number of imide groups is 1. The second kappa shape index (κ2) is 7.61. The highest BCUT2D eigenvalue weighted by Gasteiger charge is 2.31. The van der Waals surface area contributed by atoms with Gasteiger partial charge in [-0.1, -0.05) is 48.5 Å². The van der Waals surface area contributed by atoms with E-state index in [0.717, 1.165) is 21.9 Å². The first-order chi connectivity index (χ1) is 15.1. The van der Waals surface area contributed by atoms with Crippen molar-refractivity contribution in [2.45, 2.75) is 6.61 Å². The Morgan fingerprint density at radius 3 is 2.26 bits per heavy atom. The summed E-state index contributed by atoms with van der Waals surface area (Å²) in [6, 6.07) is 24.9. The van der Waals surface area contributed by atoms with Gasteiger partial charge in [0.05, 0.1) is 18.2 Å². The van der Waals surface area contributed by atoms with E-state index >= 15 is 0 Å². The zero-order chi connectivity index (χ0) is 21.4. The molecule has 5 nitrogen and oxygen atoms in total. The van der Waals surface area contributed by atoms with Gasteiger partial charge in [-0.15, -0.1) is 0 Å². The first-order valence-corrected chi connectivity index (χ1v) is 9.91. The topological polar surface area (TPSA) is 64.6 Å². The van der Waals surface area contributed by atoms with E-state index in [2.05, 4.69) is 5.32 Å². The van der Waals surface area contributed by atoms with Gasteiger partial charge in [-0.05, 0) is 52.2 Å². The molecule has 4 aromatic rings. The molecule has 31 heavy (non-hydrogen) atoms. The Balaban J connectivity index is 1.66. The van der Waals surface area contributed by atoms with Crippen LogP contribution in [0.25, 0.3) is 21.9 Å². The van der Waals surface area contributed by atoms with Crippen LogP contribution < -0.4 is 14.8 Å². The maximum Gasteiger partial charge on any atom is 0.259 e. The highest BCUT2D eigenvalue weighted by Crippen LogP contribution is 2.38. The minimum absolute atomic E-state index is 0.374. The summed E-state index contributed by atoms with van der Waals surface area (Å²) in [4.78, 5) is 25.0. The number of methoxy groups -OCH3 is 1. The fraction of sp³-hybridized carbons (Fsp3) is 0.0769. The molecule has 0 atom stereocenters. The highest BCUT2D eigenvalue weighted by molar-refractivity contribution is 6.27. The molecule has 0 unspecified atom stereocenters. The number of benzene rings is 4. The van der Waals surface area contributed by atoms with E-state index in [-0.39, 0.29) is 11.8 Å². The Morgan fingerprint density at radius 2 is 1.52 bits per heavy atom. The van der Waals surface area contributed by atoms with Crippen LogP contribution >= 0.6 is 0 Å². The standard InChI is InChI=1S/C26H19NO4/c1-30-19-10-7-17(8-11-19)23-21-14-20(31-15-16-5-3-2-4-6-16)12-9-18(21)13-22-24(23)26(29)27-25(22)28/h2-14H,15H2,1H3,(H,27,28,29). The molecule has 2 amide bonds. The SMILES string of the molecule is COc1ccc(-c2c3c(cc4ccc(OCc5ccccc5)cc24)C(=O)NC3=O)cc1. The number of hydrogen-bond acceptors (Lipinski definition) is 4. The van der Waals surface area contributed by atoms with E-state index < -0.39 is 0 Å². The van der Waals surface area contributed by atoms with Gasteiger partial charge in [0.2, 0.25) is 0 Å². The molecule has 4 aromatic carbocycles. The van der Waals surface area contributed by atoms with Crippen LogP contribution in [-0.4, -0.2) is 18.9 Å². The summed E-state index contributed by atoms with van der Waals surface area (Å²) in [5.41, 5.74) is 3.39. The normalized spacial score (nSPS) is 12.5. The Morgan fingerprint density at radius 1 is 0.774 bits per heavy atom. The third-order valence-corrected chi connectivity index (χ3v) is 5.44. The number of amides is 2. The molecule has 5 heteroatoms. The van der Waals surface area contributed by atoms with Crippen molar-refractivity contribution >= 4 is 22.6 Å². The molecule has 1 N–H and O–H groups in total. The summed E-state index contributed by atoms with van der Waals surface area (Å²) in [5.74, 6) is 0.647. The monoisotopic (exact) mass is 409 g/mol. The molecule has 1 aliphatic heterocycles. The number of carbonyl (C=O) groups excluding carboxylic acids is 2. The van der Waals surface area contributed by atoms with Gasteiger partial charge in [-0.25, -0.2) is 0 Å². The molecule has 0 bridgehead atoms. The van der Waals surface area contributed by atoms with Crippen molar-refractivity contribution < 1.29 is 19.1 Å². The molecule has 0 fully saturated rings. The lowest BCUT2D eigenvalue weighted by Gasteiger charge is -2.14. The van der Waals surface area contributed by atoms with Crippen molar-refractivity contribution in [3.05, 3.63) is 95.6 Å². The van der Waals surface area contributed by atoms with Crippen LogP contribution in [0.3, 0.4) is 0 Å². The van der Waals surface area contributed by atoms with Crippen LogP contribution in [0.15, 0.2) is 78.9 Å². The van der Waals surface area contributed by atoms with Gasteiger partial charge in [0.15, 0.2) is 0 Å². The molecule has 5 rings (SSSR count). The van der Waals surface area contributed by atoms with Crippen molar-refractivity contribution in [2.75, 3.05) is 7.11 Å². The van der Waals surface area contributed by atoms with Gasteiger partial charge >= 0.3 is 0 Å². The molecule has 0 aliphatic carbocycles. The van der Waals surface area contributed by atoms with Crippen LogP contribution in [-0.2, 0) is 6.61 Å². The van der Waals surface area contributed by atoms with Gasteiger partial charge in [-0.3, -0.25) is 14.9 Å². The van der Waals surface area contributed by atoms with Crippen molar-refractivity contribution in [3.63, 3.8) is 0 Å². The molecular formula is C26H19NO4. The van der Waals surface area contributed by atoms with Crippen molar-refractivity contribution in [2.24, 2.45) is 0 Å². The number of ether oxygens (including phenoxy) is 2. The van der Waals surface area contributed by atoms with Crippen molar-refractivity contribution in [1.82, 2.24) is 5.32 Å². The first kappa shape index (κ1) is 18.9. The van der Waals surface area contributed by atoms with E-state index in [9.17, 15) is 9.59 Å². The summed E-state index contributed by atoms with van der Waals surface area (Å²) < 4.78 is 11.3. The summed E-state index contributed by atoms with van der Waals surface area (Å²) in [5, 5.41) is 4.13. The summed E-state index contributed by atoms with van der Waals surface area (Å²) in [6.45, 7) is 0.439.